The van der Waals surface area contributed by atoms with Gasteiger partial charge in [0.2, 0.25) is 0 Å². The maximum Gasteiger partial charge on any atom is 0.161 e. The fraction of sp³-hybridized carbons (Fsp3) is 0.560. The molecule has 1 unspecified atom stereocenters. The summed E-state index contributed by atoms with van der Waals surface area (Å²) in [7, 11) is 5.90. The van der Waals surface area contributed by atoms with Crippen LogP contribution in [0.1, 0.15) is 23.1 Å². The highest BCUT2D eigenvalue weighted by Crippen LogP contribution is 2.29. The highest BCUT2D eigenvalue weighted by atomic mass is 16.5. The smallest absolute Gasteiger partial charge is 0.161 e. The van der Waals surface area contributed by atoms with Crippen LogP contribution >= 0.6 is 0 Å². The number of methoxy groups -OCH3 is 1. The first-order chi connectivity index (χ1) is 15.4. The largest absolute Gasteiger partial charge is 0.493 e. The lowest BCUT2D eigenvalue weighted by molar-refractivity contribution is 0.0685. The lowest BCUT2D eigenvalue weighted by Gasteiger charge is -2.24. The van der Waals surface area contributed by atoms with Gasteiger partial charge in [-0.2, -0.15) is 0 Å². The average molecular weight is 443 g/mol. The van der Waals surface area contributed by atoms with E-state index in [1.807, 2.05) is 24.5 Å². The SMILES string of the molecule is COc1ccc(CN(C)Cc2ccncc2C)cc1OCC(O)CN1CCCN(C)CC1. The minimum Gasteiger partial charge on any atom is -0.493 e. The molecule has 7 heteroatoms. The van der Waals surface area contributed by atoms with Crippen molar-refractivity contribution in [3.05, 3.63) is 53.3 Å². The van der Waals surface area contributed by atoms with E-state index in [2.05, 4.69) is 52.8 Å². The number of pyridine rings is 1. The van der Waals surface area contributed by atoms with E-state index in [0.717, 1.165) is 51.3 Å². The number of β-amino-alcohol motifs (C(OH)–C–C–N with tert-alkyl or cyclic N) is 1. The molecule has 1 aliphatic rings. The molecule has 0 aliphatic carbocycles. The van der Waals surface area contributed by atoms with E-state index in [-0.39, 0.29) is 6.61 Å². The number of hydrogen-bond donors (Lipinski definition) is 1. The summed E-state index contributed by atoms with van der Waals surface area (Å²) in [4.78, 5) is 11.1. The molecule has 1 atom stereocenters. The molecular weight excluding hydrogens is 404 g/mol. The summed E-state index contributed by atoms with van der Waals surface area (Å²) in [5, 5.41) is 10.6. The maximum atomic E-state index is 10.6. The van der Waals surface area contributed by atoms with Crippen molar-refractivity contribution in [3.8, 4) is 11.5 Å². The zero-order valence-electron chi connectivity index (χ0n) is 20.0. The van der Waals surface area contributed by atoms with Gasteiger partial charge in [0.15, 0.2) is 11.5 Å². The molecule has 0 bridgehead atoms. The summed E-state index contributed by atoms with van der Waals surface area (Å²) < 4.78 is 11.5. The van der Waals surface area contributed by atoms with Gasteiger partial charge in [-0.1, -0.05) is 6.07 Å². The van der Waals surface area contributed by atoms with Crippen molar-refractivity contribution < 1.29 is 14.6 Å². The quantitative estimate of drug-likeness (QED) is 0.606. The summed E-state index contributed by atoms with van der Waals surface area (Å²) >= 11 is 0. The van der Waals surface area contributed by atoms with Crippen LogP contribution in [0, 0.1) is 6.92 Å². The number of benzene rings is 1. The molecule has 1 N–H and O–H groups in total. The molecule has 176 valence electrons. The lowest BCUT2D eigenvalue weighted by Crippen LogP contribution is -2.37. The number of aliphatic hydroxyl groups excluding tert-OH is 1. The van der Waals surface area contributed by atoms with E-state index in [1.165, 1.54) is 11.1 Å². The first-order valence-electron chi connectivity index (χ1n) is 11.4. The molecule has 1 aromatic heterocycles. The van der Waals surface area contributed by atoms with Gasteiger partial charge in [-0.3, -0.25) is 14.8 Å². The third-order valence-corrected chi connectivity index (χ3v) is 5.97. The van der Waals surface area contributed by atoms with E-state index in [9.17, 15) is 5.11 Å². The van der Waals surface area contributed by atoms with Crippen LogP contribution in [0.2, 0.25) is 0 Å². The minimum atomic E-state index is -0.538. The number of hydrogen-bond acceptors (Lipinski definition) is 7. The molecule has 1 fully saturated rings. The Balaban J connectivity index is 1.55. The van der Waals surface area contributed by atoms with Crippen LogP contribution in [0.3, 0.4) is 0 Å². The Hall–Kier alpha value is -2.19. The fourth-order valence-electron chi connectivity index (χ4n) is 4.09. The monoisotopic (exact) mass is 442 g/mol. The number of nitrogens with zero attached hydrogens (tertiary/aromatic N) is 4. The maximum absolute atomic E-state index is 10.6. The Morgan fingerprint density at radius 2 is 1.97 bits per heavy atom. The second-order valence-electron chi connectivity index (χ2n) is 8.88. The first-order valence-corrected chi connectivity index (χ1v) is 11.4. The number of rotatable bonds is 10. The van der Waals surface area contributed by atoms with Gasteiger partial charge in [-0.25, -0.2) is 0 Å². The number of aromatic nitrogens is 1. The zero-order valence-corrected chi connectivity index (χ0v) is 20.0. The van der Waals surface area contributed by atoms with Gasteiger partial charge in [-0.15, -0.1) is 0 Å². The molecule has 1 saturated heterocycles. The molecule has 0 saturated carbocycles. The van der Waals surface area contributed by atoms with Crippen LogP contribution in [-0.4, -0.2) is 91.4 Å². The van der Waals surface area contributed by atoms with Crippen molar-refractivity contribution in [1.29, 1.82) is 0 Å². The third kappa shape index (κ3) is 7.45. The molecule has 1 aliphatic heterocycles. The highest BCUT2D eigenvalue weighted by molar-refractivity contribution is 5.43. The van der Waals surface area contributed by atoms with Crippen LogP contribution in [-0.2, 0) is 13.1 Å². The molecule has 2 heterocycles. The number of aliphatic hydroxyl groups is 1. The normalized spacial score (nSPS) is 16.7. The number of aryl methyl sites for hydroxylation is 1. The van der Waals surface area contributed by atoms with Crippen molar-refractivity contribution in [2.75, 3.05) is 60.5 Å². The Kier molecular flexibility index (Phi) is 9.29. The summed E-state index contributed by atoms with van der Waals surface area (Å²) in [6.45, 7) is 8.75. The highest BCUT2D eigenvalue weighted by Gasteiger charge is 2.17. The second kappa shape index (κ2) is 12.2. The van der Waals surface area contributed by atoms with Gasteiger partial charge >= 0.3 is 0 Å². The second-order valence-corrected chi connectivity index (χ2v) is 8.88. The summed E-state index contributed by atoms with van der Waals surface area (Å²) in [5.41, 5.74) is 3.61. The molecule has 0 radical (unpaired) electrons. The van der Waals surface area contributed by atoms with E-state index >= 15 is 0 Å². The lowest BCUT2D eigenvalue weighted by atomic mass is 10.1. The zero-order chi connectivity index (χ0) is 22.9. The Labute approximate surface area is 192 Å². The van der Waals surface area contributed by atoms with Gasteiger partial charge < -0.3 is 19.5 Å². The van der Waals surface area contributed by atoms with E-state index in [1.54, 1.807) is 7.11 Å². The van der Waals surface area contributed by atoms with E-state index < -0.39 is 6.10 Å². The number of ether oxygens (including phenoxy) is 2. The molecule has 0 spiro atoms. The topological polar surface area (TPSA) is 61.3 Å². The molecule has 2 aromatic rings. The van der Waals surface area contributed by atoms with Crippen molar-refractivity contribution in [3.63, 3.8) is 0 Å². The van der Waals surface area contributed by atoms with Crippen LogP contribution in [0.4, 0.5) is 0 Å². The van der Waals surface area contributed by atoms with Gasteiger partial charge in [0.1, 0.15) is 12.7 Å². The molecule has 7 nitrogen and oxygen atoms in total. The standard InChI is InChI=1S/C25H38N4O3/c1-20-15-26-9-8-22(20)17-28(3)16-21-6-7-24(31-4)25(14-21)32-19-23(30)18-29-11-5-10-27(2)12-13-29/h6-9,14-15,23,30H,5,10-13,16-19H2,1-4H3. The first kappa shape index (κ1) is 24.5. The van der Waals surface area contributed by atoms with Crippen LogP contribution < -0.4 is 9.47 Å². The molecule has 3 rings (SSSR count). The van der Waals surface area contributed by atoms with Crippen molar-refractivity contribution in [2.24, 2.45) is 0 Å². The van der Waals surface area contributed by atoms with Crippen molar-refractivity contribution in [1.82, 2.24) is 19.7 Å². The Morgan fingerprint density at radius 3 is 2.75 bits per heavy atom. The predicted octanol–water partition coefficient (Wildman–Crippen LogP) is 2.41. The third-order valence-electron chi connectivity index (χ3n) is 5.97. The van der Waals surface area contributed by atoms with Crippen LogP contribution in [0.15, 0.2) is 36.7 Å². The number of likely N-dealkylation sites (N-methyl/N-ethyl adjacent to an activating group) is 1. The van der Waals surface area contributed by atoms with E-state index in [4.69, 9.17) is 9.47 Å². The summed E-state index contributed by atoms with van der Waals surface area (Å²) in [6.07, 6.45) is 4.33. The molecule has 1 aromatic carbocycles. The van der Waals surface area contributed by atoms with Gasteiger partial charge in [0, 0.05) is 45.1 Å². The van der Waals surface area contributed by atoms with Gasteiger partial charge in [0.25, 0.3) is 0 Å². The van der Waals surface area contributed by atoms with Crippen LogP contribution in [0.25, 0.3) is 0 Å². The van der Waals surface area contributed by atoms with Crippen LogP contribution in [0.5, 0.6) is 11.5 Å². The fourth-order valence-corrected chi connectivity index (χ4v) is 4.09. The van der Waals surface area contributed by atoms with Crippen molar-refractivity contribution in [2.45, 2.75) is 32.5 Å². The van der Waals surface area contributed by atoms with Gasteiger partial charge in [-0.05, 0) is 75.4 Å². The minimum absolute atomic E-state index is 0.248. The molecule has 0 amide bonds. The predicted molar refractivity (Wildman–Crippen MR) is 127 cm³/mol. The summed E-state index contributed by atoms with van der Waals surface area (Å²) in [5.74, 6) is 1.36. The van der Waals surface area contributed by atoms with Crippen molar-refractivity contribution >= 4 is 0 Å². The summed E-state index contributed by atoms with van der Waals surface area (Å²) in [6, 6.07) is 8.08. The average Bonchev–Trinajstić information content (AvgIpc) is 2.98. The molecular formula is C25H38N4O3. The Bertz CT molecular complexity index is 848. The molecule has 32 heavy (non-hydrogen) atoms. The van der Waals surface area contributed by atoms with E-state index in [0.29, 0.717) is 18.0 Å². The van der Waals surface area contributed by atoms with Gasteiger partial charge in [0.05, 0.1) is 7.11 Å². The Morgan fingerprint density at radius 1 is 1.12 bits per heavy atom.